The van der Waals surface area contributed by atoms with E-state index in [1.165, 1.54) is 16.9 Å². The second-order valence-corrected chi connectivity index (χ2v) is 8.01. The predicted octanol–water partition coefficient (Wildman–Crippen LogP) is 3.23. The number of hydrogen-bond donors (Lipinski definition) is 1. The fourth-order valence-electron chi connectivity index (χ4n) is 3.74. The van der Waals surface area contributed by atoms with Crippen molar-refractivity contribution in [3.8, 4) is 0 Å². The molecule has 0 unspecified atom stereocenters. The Hall–Kier alpha value is -2.64. The molecule has 0 saturated carbocycles. The highest BCUT2D eigenvalue weighted by atomic mass is 35.5. The zero-order chi connectivity index (χ0) is 20.5. The van der Waals surface area contributed by atoms with Crippen LogP contribution in [-0.4, -0.2) is 44.4 Å². The van der Waals surface area contributed by atoms with Crippen LogP contribution >= 0.6 is 23.2 Å². The second-order valence-electron chi connectivity index (χ2n) is 7.16. The van der Waals surface area contributed by atoms with Gasteiger partial charge in [-0.1, -0.05) is 23.2 Å². The van der Waals surface area contributed by atoms with Crippen LogP contribution in [0, 0.1) is 5.92 Å². The van der Waals surface area contributed by atoms with E-state index < -0.39 is 5.91 Å². The van der Waals surface area contributed by atoms with Gasteiger partial charge >= 0.3 is 0 Å². The Balaban J connectivity index is 1.46. The minimum absolute atomic E-state index is 0.143. The first-order valence-corrected chi connectivity index (χ1v) is 10.1. The molecule has 3 heterocycles. The Labute approximate surface area is 177 Å². The molecule has 9 heteroatoms. The first kappa shape index (κ1) is 19.7. The number of nitrogens with zero attached hydrogens (tertiary/aromatic N) is 4. The first-order chi connectivity index (χ1) is 13.9. The average molecular weight is 432 g/mol. The van der Waals surface area contributed by atoms with Gasteiger partial charge in [-0.15, -0.1) is 0 Å². The molecular weight excluding hydrogens is 413 g/mol. The maximum Gasteiger partial charge on any atom is 0.272 e. The van der Waals surface area contributed by atoms with Crippen LogP contribution in [0.25, 0.3) is 5.65 Å². The van der Waals surface area contributed by atoms with E-state index >= 15 is 0 Å². The van der Waals surface area contributed by atoms with Gasteiger partial charge in [-0.2, -0.15) is 5.10 Å². The number of benzene rings is 1. The van der Waals surface area contributed by atoms with Crippen molar-refractivity contribution in [1.29, 1.82) is 0 Å². The lowest BCUT2D eigenvalue weighted by Gasteiger charge is -2.32. The number of halogens is 2. The summed E-state index contributed by atoms with van der Waals surface area (Å²) in [4.78, 5) is 30.5. The average Bonchev–Trinajstić information content (AvgIpc) is 3.15. The molecule has 0 atom stereocenters. The van der Waals surface area contributed by atoms with Crippen molar-refractivity contribution < 1.29 is 9.59 Å². The van der Waals surface area contributed by atoms with Gasteiger partial charge in [-0.05, 0) is 55.0 Å². The molecule has 3 aromatic rings. The van der Waals surface area contributed by atoms with Crippen LogP contribution in [0.4, 0.5) is 0 Å². The molecular formula is C20H19Cl2N5O2. The Kier molecular flexibility index (Phi) is 5.43. The molecule has 2 N–H and O–H groups in total. The topological polar surface area (TPSA) is 93.6 Å². The molecule has 29 heavy (non-hydrogen) atoms. The number of primary amides is 1. The summed E-state index contributed by atoms with van der Waals surface area (Å²) in [7, 11) is 0. The third kappa shape index (κ3) is 3.93. The number of fused-ring (bicyclic) bond motifs is 1. The van der Waals surface area contributed by atoms with Gasteiger partial charge in [0.25, 0.3) is 11.8 Å². The van der Waals surface area contributed by atoms with Crippen molar-refractivity contribution in [3.63, 3.8) is 0 Å². The summed E-state index contributed by atoms with van der Waals surface area (Å²) < 4.78 is 1.38. The molecule has 7 nitrogen and oxygen atoms in total. The van der Waals surface area contributed by atoms with E-state index in [1.807, 2.05) is 12.1 Å². The smallest absolute Gasteiger partial charge is 0.272 e. The van der Waals surface area contributed by atoms with Crippen molar-refractivity contribution in [1.82, 2.24) is 19.5 Å². The van der Waals surface area contributed by atoms with Gasteiger partial charge in [0, 0.05) is 29.3 Å². The van der Waals surface area contributed by atoms with E-state index in [0.29, 0.717) is 29.7 Å². The summed E-state index contributed by atoms with van der Waals surface area (Å²) in [5.41, 5.74) is 7.22. The van der Waals surface area contributed by atoms with E-state index in [1.54, 1.807) is 17.0 Å². The zero-order valence-electron chi connectivity index (χ0n) is 15.5. The van der Waals surface area contributed by atoms with Crippen LogP contribution in [0.1, 0.15) is 39.3 Å². The number of hydrogen-bond acceptors (Lipinski definition) is 4. The lowest BCUT2D eigenvalue weighted by molar-refractivity contribution is 0.0681. The molecule has 150 valence electrons. The number of likely N-dealkylation sites (tertiary alicyclic amines) is 1. The molecule has 1 saturated heterocycles. The first-order valence-electron chi connectivity index (χ1n) is 9.30. The molecule has 0 bridgehead atoms. The number of piperidine rings is 1. The van der Waals surface area contributed by atoms with Crippen LogP contribution in [-0.2, 0) is 6.42 Å². The molecule has 1 aliphatic rings. The normalized spacial score (nSPS) is 15.0. The summed E-state index contributed by atoms with van der Waals surface area (Å²) in [6, 6.07) is 7.11. The van der Waals surface area contributed by atoms with E-state index in [-0.39, 0.29) is 17.1 Å². The van der Waals surface area contributed by atoms with Crippen LogP contribution in [0.5, 0.6) is 0 Å². The van der Waals surface area contributed by atoms with Crippen LogP contribution in [0.2, 0.25) is 10.0 Å². The Morgan fingerprint density at radius 3 is 2.66 bits per heavy atom. The summed E-state index contributed by atoms with van der Waals surface area (Å²) in [6.45, 7) is 1.27. The molecule has 4 rings (SSSR count). The van der Waals surface area contributed by atoms with Gasteiger partial charge in [0.15, 0.2) is 5.65 Å². The maximum absolute atomic E-state index is 13.0. The Morgan fingerprint density at radius 1 is 1.17 bits per heavy atom. The summed E-state index contributed by atoms with van der Waals surface area (Å²) >= 11 is 12.4. The molecule has 1 aromatic carbocycles. The van der Waals surface area contributed by atoms with Gasteiger partial charge in [0.1, 0.15) is 11.3 Å². The number of aromatic nitrogens is 3. The largest absolute Gasteiger partial charge is 0.365 e. The maximum atomic E-state index is 13.0. The molecule has 2 amide bonds. The van der Waals surface area contributed by atoms with Gasteiger partial charge in [-0.3, -0.25) is 9.59 Å². The van der Waals surface area contributed by atoms with Crippen LogP contribution in [0.3, 0.4) is 0 Å². The SMILES string of the molecule is NC(=O)c1cnn2c(C(=O)N3CCC(Cc4cc(Cl)ccc4Cl)CC3)ccnc12. The lowest BCUT2D eigenvalue weighted by Crippen LogP contribution is -2.39. The van der Waals surface area contributed by atoms with E-state index in [9.17, 15) is 9.59 Å². The minimum atomic E-state index is -0.627. The number of carbonyl (C=O) groups is 2. The molecule has 0 radical (unpaired) electrons. The third-order valence-electron chi connectivity index (χ3n) is 5.30. The molecule has 2 aromatic heterocycles. The Morgan fingerprint density at radius 2 is 1.93 bits per heavy atom. The van der Waals surface area contributed by atoms with Crippen molar-refractivity contribution in [2.75, 3.05) is 13.1 Å². The van der Waals surface area contributed by atoms with Crippen molar-refractivity contribution >= 4 is 40.7 Å². The van der Waals surface area contributed by atoms with Gasteiger partial charge in [0.2, 0.25) is 0 Å². The zero-order valence-corrected chi connectivity index (χ0v) is 17.0. The summed E-state index contributed by atoms with van der Waals surface area (Å²) in [5, 5.41) is 5.52. The van der Waals surface area contributed by atoms with Crippen molar-refractivity contribution in [3.05, 3.63) is 63.5 Å². The fraction of sp³-hybridized carbons (Fsp3) is 0.300. The summed E-state index contributed by atoms with van der Waals surface area (Å²) in [6.07, 6.45) is 5.40. The number of amides is 2. The molecule has 1 aliphatic heterocycles. The number of nitrogens with two attached hydrogens (primary N) is 1. The van der Waals surface area contributed by atoms with E-state index in [4.69, 9.17) is 28.9 Å². The van der Waals surface area contributed by atoms with E-state index in [0.717, 1.165) is 29.8 Å². The fourth-order valence-corrected chi connectivity index (χ4v) is 4.13. The van der Waals surface area contributed by atoms with E-state index in [2.05, 4.69) is 10.1 Å². The number of rotatable bonds is 4. The summed E-state index contributed by atoms with van der Waals surface area (Å²) in [5.74, 6) is -0.341. The highest BCUT2D eigenvalue weighted by molar-refractivity contribution is 6.33. The second kappa shape index (κ2) is 8.00. The number of carbonyl (C=O) groups excluding carboxylic acids is 2. The standard InChI is InChI=1S/C20H19Cl2N5O2/c21-14-1-2-16(22)13(10-14)9-12-4-7-26(8-5-12)20(29)17-3-6-24-19-15(18(23)28)11-25-27(17)19/h1-3,6,10-12H,4-5,7-9H2,(H2,23,28). The van der Waals surface area contributed by atoms with Crippen molar-refractivity contribution in [2.24, 2.45) is 11.7 Å². The monoisotopic (exact) mass is 431 g/mol. The third-order valence-corrected chi connectivity index (χ3v) is 5.91. The minimum Gasteiger partial charge on any atom is -0.365 e. The van der Waals surface area contributed by atoms with Crippen LogP contribution in [0.15, 0.2) is 36.7 Å². The quantitative estimate of drug-likeness (QED) is 0.685. The van der Waals surface area contributed by atoms with Gasteiger partial charge < -0.3 is 10.6 Å². The highest BCUT2D eigenvalue weighted by Gasteiger charge is 2.26. The Bertz CT molecular complexity index is 1090. The molecule has 0 aliphatic carbocycles. The highest BCUT2D eigenvalue weighted by Crippen LogP contribution is 2.28. The lowest BCUT2D eigenvalue weighted by atomic mass is 9.90. The molecule has 1 fully saturated rings. The van der Waals surface area contributed by atoms with Gasteiger partial charge in [-0.25, -0.2) is 9.50 Å². The molecule has 0 spiro atoms. The van der Waals surface area contributed by atoms with Crippen molar-refractivity contribution in [2.45, 2.75) is 19.3 Å². The van der Waals surface area contributed by atoms with Gasteiger partial charge in [0.05, 0.1) is 6.20 Å². The van der Waals surface area contributed by atoms with Crippen LogP contribution < -0.4 is 5.73 Å². The predicted molar refractivity (Wildman–Crippen MR) is 110 cm³/mol.